The Kier molecular flexibility index (Phi) is 10.0. The number of nitrogens with zero attached hydrogens (tertiary/aromatic N) is 2. The number of likely N-dealkylation sites (tertiary alicyclic amines) is 2. The summed E-state index contributed by atoms with van der Waals surface area (Å²) in [5.74, 6) is -0.249. The lowest BCUT2D eigenvalue weighted by atomic mass is 9.80. The highest BCUT2D eigenvalue weighted by Crippen LogP contribution is 2.38. The van der Waals surface area contributed by atoms with Crippen LogP contribution in [0.5, 0.6) is 0 Å². The van der Waals surface area contributed by atoms with E-state index in [1.165, 1.54) is 12.8 Å². The van der Waals surface area contributed by atoms with E-state index in [4.69, 9.17) is 9.47 Å². The molecule has 0 radical (unpaired) electrons. The molecule has 0 spiro atoms. The fraction of sp³-hybridized carbons (Fsp3) is 0.929. The monoisotopic (exact) mass is 480 g/mol. The number of carbonyl (C=O) groups is 2. The summed E-state index contributed by atoms with van der Waals surface area (Å²) < 4.78 is 11.1. The van der Waals surface area contributed by atoms with Crippen LogP contribution >= 0.6 is 0 Å². The van der Waals surface area contributed by atoms with Crippen molar-refractivity contribution in [3.8, 4) is 0 Å². The molecule has 0 bridgehead atoms. The maximum atomic E-state index is 12.4. The third-order valence-electron chi connectivity index (χ3n) is 8.22. The van der Waals surface area contributed by atoms with Gasteiger partial charge in [-0.1, -0.05) is 0 Å². The van der Waals surface area contributed by atoms with Gasteiger partial charge in [0.25, 0.3) is 0 Å². The van der Waals surface area contributed by atoms with Crippen LogP contribution < -0.4 is 0 Å². The summed E-state index contributed by atoms with van der Waals surface area (Å²) in [5.41, 5.74) is 0.102. The molecule has 2 saturated heterocycles. The van der Waals surface area contributed by atoms with Crippen molar-refractivity contribution in [1.82, 2.24) is 9.80 Å². The number of hydrogen-bond donors (Lipinski definition) is 0. The van der Waals surface area contributed by atoms with Crippen LogP contribution in [0, 0.1) is 0 Å². The Morgan fingerprint density at radius 2 is 0.853 bits per heavy atom. The summed E-state index contributed by atoms with van der Waals surface area (Å²) in [7, 11) is 0. The zero-order chi connectivity index (χ0) is 25.6. The molecule has 0 N–H and O–H groups in total. The van der Waals surface area contributed by atoms with E-state index < -0.39 is 0 Å². The highest BCUT2D eigenvalue weighted by atomic mass is 16.5. The van der Waals surface area contributed by atoms with Gasteiger partial charge in [-0.05, 0) is 120 Å². The molecular formula is C28H52N2O4. The lowest BCUT2D eigenvalue weighted by Gasteiger charge is -2.52. The van der Waals surface area contributed by atoms with Gasteiger partial charge in [0.15, 0.2) is 0 Å². The fourth-order valence-corrected chi connectivity index (χ4v) is 6.22. The lowest BCUT2D eigenvalue weighted by Crippen LogP contribution is -2.60. The molecule has 0 saturated carbocycles. The highest BCUT2D eigenvalue weighted by Gasteiger charge is 2.43. The van der Waals surface area contributed by atoms with Crippen molar-refractivity contribution in [2.24, 2.45) is 0 Å². The molecule has 0 aromatic carbocycles. The zero-order valence-corrected chi connectivity index (χ0v) is 23.4. The number of hydrogen-bond acceptors (Lipinski definition) is 6. The van der Waals surface area contributed by atoms with E-state index in [9.17, 15) is 9.59 Å². The Hall–Kier alpha value is -1.14. The van der Waals surface area contributed by atoms with E-state index in [1.54, 1.807) is 0 Å². The summed E-state index contributed by atoms with van der Waals surface area (Å²) in [5, 5.41) is 0. The van der Waals surface area contributed by atoms with E-state index in [2.05, 4.69) is 65.2 Å². The minimum absolute atomic E-state index is 0.0255. The fourth-order valence-electron chi connectivity index (χ4n) is 6.22. The van der Waals surface area contributed by atoms with Crippen molar-refractivity contribution in [2.45, 2.75) is 142 Å². The van der Waals surface area contributed by atoms with Crippen LogP contribution in [0.1, 0.15) is 120 Å². The molecule has 2 rings (SSSR count). The topological polar surface area (TPSA) is 59.1 Å². The molecule has 0 aliphatic carbocycles. The van der Waals surface area contributed by atoms with E-state index in [0.717, 1.165) is 51.4 Å². The molecule has 0 unspecified atom stereocenters. The van der Waals surface area contributed by atoms with Crippen molar-refractivity contribution in [3.05, 3.63) is 0 Å². The Morgan fingerprint density at radius 3 is 1.15 bits per heavy atom. The van der Waals surface area contributed by atoms with Crippen molar-refractivity contribution in [1.29, 1.82) is 0 Å². The van der Waals surface area contributed by atoms with Gasteiger partial charge in [-0.25, -0.2) is 0 Å². The summed E-state index contributed by atoms with van der Waals surface area (Å²) in [4.78, 5) is 29.5. The molecule has 0 aromatic heterocycles. The van der Waals surface area contributed by atoms with Crippen molar-refractivity contribution in [3.63, 3.8) is 0 Å². The van der Waals surface area contributed by atoms with Crippen LogP contribution in [-0.2, 0) is 19.1 Å². The number of esters is 2. The van der Waals surface area contributed by atoms with Crippen molar-refractivity contribution >= 4 is 11.9 Å². The van der Waals surface area contributed by atoms with Crippen molar-refractivity contribution < 1.29 is 19.1 Å². The first-order valence-corrected chi connectivity index (χ1v) is 13.5. The van der Waals surface area contributed by atoms with Gasteiger partial charge in [0, 0.05) is 22.2 Å². The second-order valence-electron chi connectivity index (χ2n) is 13.0. The van der Waals surface area contributed by atoms with Crippen LogP contribution in [-0.4, -0.2) is 70.2 Å². The number of unbranched alkanes of at least 4 members (excludes halogenated alkanes) is 3. The van der Waals surface area contributed by atoms with Gasteiger partial charge in [0.05, 0.1) is 26.3 Å². The van der Waals surface area contributed by atoms with Crippen molar-refractivity contribution in [2.75, 3.05) is 26.3 Å². The number of ether oxygens (including phenoxy) is 2. The first-order valence-electron chi connectivity index (χ1n) is 13.5. The normalized spacial score (nSPS) is 23.9. The predicted octanol–water partition coefficient (Wildman–Crippen LogP) is 5.72. The first kappa shape index (κ1) is 29.1. The molecule has 2 aliphatic heterocycles. The third-order valence-corrected chi connectivity index (χ3v) is 8.22. The van der Waals surface area contributed by atoms with E-state index in [-0.39, 0.29) is 34.1 Å². The maximum Gasteiger partial charge on any atom is 0.320 e. The van der Waals surface area contributed by atoms with Crippen LogP contribution in [0.3, 0.4) is 0 Å². The smallest absolute Gasteiger partial charge is 0.320 e. The summed E-state index contributed by atoms with van der Waals surface area (Å²) in [6.07, 6.45) is 10.5. The van der Waals surface area contributed by atoms with Gasteiger partial charge in [-0.15, -0.1) is 0 Å². The van der Waals surface area contributed by atoms with Gasteiger partial charge in [-0.2, -0.15) is 0 Å². The molecule has 34 heavy (non-hydrogen) atoms. The molecule has 2 heterocycles. The van der Waals surface area contributed by atoms with E-state index in [1.807, 2.05) is 0 Å². The number of piperidine rings is 2. The minimum Gasteiger partial charge on any atom is -0.465 e. The zero-order valence-electron chi connectivity index (χ0n) is 23.4. The van der Waals surface area contributed by atoms with Crippen LogP contribution in [0.15, 0.2) is 0 Å². The van der Waals surface area contributed by atoms with Gasteiger partial charge < -0.3 is 9.47 Å². The molecule has 198 valence electrons. The average Bonchev–Trinajstić information content (AvgIpc) is 2.69. The minimum atomic E-state index is -0.124. The van der Waals surface area contributed by atoms with Gasteiger partial charge >= 0.3 is 11.9 Å². The first-order chi connectivity index (χ1) is 15.7. The second-order valence-corrected chi connectivity index (χ2v) is 13.0. The largest absolute Gasteiger partial charge is 0.465 e. The maximum absolute atomic E-state index is 12.4. The Bertz CT molecular complexity index is 594. The van der Waals surface area contributed by atoms with Crippen LogP contribution in [0.4, 0.5) is 0 Å². The molecule has 2 fully saturated rings. The molecular weight excluding hydrogens is 428 g/mol. The number of rotatable bonds is 11. The highest BCUT2D eigenvalue weighted by molar-refractivity contribution is 5.72. The van der Waals surface area contributed by atoms with Gasteiger partial charge in [0.1, 0.15) is 0 Å². The van der Waals surface area contributed by atoms with E-state index >= 15 is 0 Å². The molecule has 6 heteroatoms. The van der Waals surface area contributed by atoms with Gasteiger partial charge in [-0.3, -0.25) is 19.4 Å². The SMILES string of the molecule is CC1(C)CCCC(C)(C)N1CC(=O)OCCCCCCOC(=O)CN1C(C)(C)CCCC1(C)C. The molecule has 2 aliphatic rings. The Labute approximate surface area is 209 Å². The Balaban J connectivity index is 1.57. The molecule has 6 nitrogen and oxygen atoms in total. The average molecular weight is 481 g/mol. The third kappa shape index (κ3) is 8.22. The Morgan fingerprint density at radius 1 is 0.559 bits per heavy atom. The predicted molar refractivity (Wildman–Crippen MR) is 138 cm³/mol. The van der Waals surface area contributed by atoms with Gasteiger partial charge in [0.2, 0.25) is 0 Å². The lowest BCUT2D eigenvalue weighted by molar-refractivity contribution is -0.152. The molecule has 0 amide bonds. The second kappa shape index (κ2) is 11.7. The van der Waals surface area contributed by atoms with E-state index in [0.29, 0.717) is 26.3 Å². The molecule has 0 atom stereocenters. The standard InChI is InChI=1S/C28H52N2O4/c1-25(2)15-13-16-26(3,4)29(25)21-23(31)33-19-11-9-10-12-20-34-24(32)22-30-27(5,6)17-14-18-28(30,7)8/h9-22H2,1-8H3. The summed E-state index contributed by atoms with van der Waals surface area (Å²) in [6.45, 7) is 19.4. The quantitative estimate of drug-likeness (QED) is 0.278. The van der Waals surface area contributed by atoms with Crippen LogP contribution in [0.2, 0.25) is 0 Å². The summed E-state index contributed by atoms with van der Waals surface area (Å²) in [6, 6.07) is 0. The molecule has 0 aromatic rings. The summed E-state index contributed by atoms with van der Waals surface area (Å²) >= 11 is 0. The number of carbonyl (C=O) groups excluding carboxylic acids is 2. The van der Waals surface area contributed by atoms with Crippen LogP contribution in [0.25, 0.3) is 0 Å².